The molecule has 0 aliphatic carbocycles. The van der Waals surface area contributed by atoms with Gasteiger partial charge in [-0.3, -0.25) is 0 Å². The van der Waals surface area contributed by atoms with Crippen LogP contribution in [0.25, 0.3) is 0 Å². The summed E-state index contributed by atoms with van der Waals surface area (Å²) in [5.41, 5.74) is 0. The summed E-state index contributed by atoms with van der Waals surface area (Å²) >= 11 is 0. The molecule has 2 aromatic heterocycles. The number of piperazine rings is 2. The second-order valence-electron chi connectivity index (χ2n) is 6.82. The van der Waals surface area contributed by atoms with Crippen LogP contribution in [0.2, 0.25) is 0 Å². The summed E-state index contributed by atoms with van der Waals surface area (Å²) in [5, 5.41) is 0. The van der Waals surface area contributed by atoms with Gasteiger partial charge in [-0.15, -0.1) is 0 Å². The van der Waals surface area contributed by atoms with Crippen molar-refractivity contribution >= 4 is 17.5 Å². The van der Waals surface area contributed by atoms with Crippen LogP contribution in [0.4, 0.5) is 17.5 Å². The van der Waals surface area contributed by atoms with Gasteiger partial charge in [0.2, 0.25) is 0 Å². The Morgan fingerprint density at radius 3 is 1.85 bits per heavy atom. The maximum atomic E-state index is 4.53. The molecule has 2 fully saturated rings. The molecule has 2 aliphatic rings. The predicted molar refractivity (Wildman–Crippen MR) is 105 cm³/mol. The van der Waals surface area contributed by atoms with Gasteiger partial charge in [0.05, 0.1) is 0 Å². The van der Waals surface area contributed by atoms with E-state index in [1.165, 1.54) is 0 Å². The van der Waals surface area contributed by atoms with E-state index in [4.69, 9.17) is 0 Å². The molecule has 0 aromatic carbocycles. The van der Waals surface area contributed by atoms with E-state index in [-0.39, 0.29) is 0 Å². The van der Waals surface area contributed by atoms with Crippen LogP contribution < -0.4 is 14.7 Å². The Morgan fingerprint density at radius 1 is 0.731 bits per heavy atom. The Labute approximate surface area is 155 Å². The Bertz CT molecular complexity index is 692. The molecule has 0 amide bonds. The van der Waals surface area contributed by atoms with Crippen molar-refractivity contribution in [1.29, 1.82) is 0 Å². The summed E-state index contributed by atoms with van der Waals surface area (Å²) in [6.07, 6.45) is 3.57. The van der Waals surface area contributed by atoms with Gasteiger partial charge in [0.25, 0.3) is 0 Å². The summed E-state index contributed by atoms with van der Waals surface area (Å²) in [7, 11) is 0. The molecule has 0 N–H and O–H groups in total. The van der Waals surface area contributed by atoms with Crippen molar-refractivity contribution < 1.29 is 0 Å². The van der Waals surface area contributed by atoms with Gasteiger partial charge in [-0.25, -0.2) is 15.0 Å². The lowest BCUT2D eigenvalue weighted by molar-refractivity contribution is 0.270. The molecule has 0 saturated carbocycles. The second kappa shape index (κ2) is 7.86. The van der Waals surface area contributed by atoms with Crippen molar-refractivity contribution in [2.75, 3.05) is 73.6 Å². The third-order valence-corrected chi connectivity index (χ3v) is 5.36. The minimum Gasteiger partial charge on any atom is -0.354 e. The van der Waals surface area contributed by atoms with E-state index in [1.54, 1.807) is 6.33 Å². The van der Waals surface area contributed by atoms with Crippen LogP contribution in [-0.4, -0.2) is 78.8 Å². The summed E-state index contributed by atoms with van der Waals surface area (Å²) in [6.45, 7) is 11.5. The van der Waals surface area contributed by atoms with Crippen molar-refractivity contribution in [2.45, 2.75) is 6.92 Å². The highest BCUT2D eigenvalue weighted by Gasteiger charge is 2.21. The minimum atomic E-state index is 0.955. The molecule has 0 unspecified atom stereocenters. The van der Waals surface area contributed by atoms with Gasteiger partial charge in [0.15, 0.2) is 0 Å². The Hall–Kier alpha value is -2.41. The van der Waals surface area contributed by atoms with Gasteiger partial charge in [-0.2, -0.15) is 0 Å². The molecule has 0 radical (unpaired) electrons. The number of pyridine rings is 1. The number of anilines is 3. The molecule has 0 atom stereocenters. The predicted octanol–water partition coefficient (Wildman–Crippen LogP) is 1.34. The van der Waals surface area contributed by atoms with Crippen LogP contribution >= 0.6 is 0 Å². The summed E-state index contributed by atoms with van der Waals surface area (Å²) in [6, 6.07) is 8.23. The number of aromatic nitrogens is 3. The summed E-state index contributed by atoms with van der Waals surface area (Å²) < 4.78 is 0. The molecule has 7 nitrogen and oxygen atoms in total. The third kappa shape index (κ3) is 3.72. The smallest absolute Gasteiger partial charge is 0.134 e. The number of likely N-dealkylation sites (N-methyl/N-ethyl adjacent to an activating group) is 1. The topological polar surface area (TPSA) is 51.6 Å². The standard InChI is InChI=1S/C19H27N7/c1-2-23-7-9-25(10-8-23)18-15-19(22-16-21-18)26-13-11-24(12-14-26)17-5-3-4-6-20-17/h3-6,15-16H,2,7-14H2,1H3. The van der Waals surface area contributed by atoms with Gasteiger partial charge in [-0.05, 0) is 18.7 Å². The van der Waals surface area contributed by atoms with Crippen LogP contribution in [0.5, 0.6) is 0 Å². The molecule has 138 valence electrons. The van der Waals surface area contributed by atoms with E-state index in [0.717, 1.165) is 76.4 Å². The number of hydrogen-bond acceptors (Lipinski definition) is 7. The first kappa shape index (κ1) is 17.0. The Morgan fingerprint density at radius 2 is 1.31 bits per heavy atom. The van der Waals surface area contributed by atoms with Gasteiger partial charge < -0.3 is 19.6 Å². The van der Waals surface area contributed by atoms with Crippen molar-refractivity contribution in [1.82, 2.24) is 19.9 Å². The monoisotopic (exact) mass is 353 g/mol. The highest BCUT2D eigenvalue weighted by molar-refractivity contribution is 5.52. The second-order valence-corrected chi connectivity index (χ2v) is 6.82. The first-order valence-electron chi connectivity index (χ1n) is 9.54. The van der Waals surface area contributed by atoms with Crippen molar-refractivity contribution in [3.05, 3.63) is 36.8 Å². The fraction of sp³-hybridized carbons (Fsp3) is 0.526. The first-order valence-corrected chi connectivity index (χ1v) is 9.54. The SMILES string of the molecule is CCN1CCN(c2cc(N3CCN(c4ccccn4)CC3)ncn2)CC1. The Kier molecular flexibility index (Phi) is 5.15. The molecule has 0 spiro atoms. The third-order valence-electron chi connectivity index (χ3n) is 5.36. The quantitative estimate of drug-likeness (QED) is 0.822. The van der Waals surface area contributed by atoms with Gasteiger partial charge in [-0.1, -0.05) is 13.0 Å². The zero-order chi connectivity index (χ0) is 17.8. The summed E-state index contributed by atoms with van der Waals surface area (Å²) in [5.74, 6) is 3.15. The van der Waals surface area contributed by atoms with Crippen LogP contribution in [-0.2, 0) is 0 Å². The highest BCUT2D eigenvalue weighted by Crippen LogP contribution is 2.21. The normalized spacial score (nSPS) is 19.0. The van der Waals surface area contributed by atoms with Crippen LogP contribution in [0.1, 0.15) is 6.92 Å². The molecular formula is C19H27N7. The molecule has 2 saturated heterocycles. The highest BCUT2D eigenvalue weighted by atomic mass is 15.3. The average molecular weight is 353 g/mol. The lowest BCUT2D eigenvalue weighted by Gasteiger charge is -2.37. The first-order chi connectivity index (χ1) is 12.8. The van der Waals surface area contributed by atoms with Gasteiger partial charge >= 0.3 is 0 Å². The zero-order valence-corrected chi connectivity index (χ0v) is 15.5. The molecule has 0 bridgehead atoms. The van der Waals surface area contributed by atoms with Crippen molar-refractivity contribution in [3.63, 3.8) is 0 Å². The molecular weight excluding hydrogens is 326 g/mol. The van der Waals surface area contributed by atoms with Crippen molar-refractivity contribution in [3.8, 4) is 0 Å². The van der Waals surface area contributed by atoms with E-state index in [0.29, 0.717) is 0 Å². The van der Waals surface area contributed by atoms with Gasteiger partial charge in [0, 0.05) is 64.6 Å². The van der Waals surface area contributed by atoms with Crippen LogP contribution in [0, 0.1) is 0 Å². The van der Waals surface area contributed by atoms with E-state index < -0.39 is 0 Å². The molecule has 26 heavy (non-hydrogen) atoms. The summed E-state index contributed by atoms with van der Waals surface area (Å²) in [4.78, 5) is 23.1. The molecule has 4 heterocycles. The minimum absolute atomic E-state index is 0.955. The molecule has 7 heteroatoms. The maximum absolute atomic E-state index is 4.53. The largest absolute Gasteiger partial charge is 0.354 e. The average Bonchev–Trinajstić information content (AvgIpc) is 2.75. The van der Waals surface area contributed by atoms with Crippen LogP contribution in [0.15, 0.2) is 36.8 Å². The molecule has 2 aromatic rings. The number of nitrogens with zero attached hydrogens (tertiary/aromatic N) is 7. The van der Waals surface area contributed by atoms with Crippen molar-refractivity contribution in [2.24, 2.45) is 0 Å². The van der Waals surface area contributed by atoms with E-state index in [1.807, 2.05) is 18.3 Å². The molecule has 4 rings (SSSR count). The maximum Gasteiger partial charge on any atom is 0.134 e. The van der Waals surface area contributed by atoms with Crippen LogP contribution in [0.3, 0.4) is 0 Å². The number of rotatable bonds is 4. The van der Waals surface area contributed by atoms with E-state index in [2.05, 4.69) is 53.6 Å². The number of hydrogen-bond donors (Lipinski definition) is 0. The fourth-order valence-electron chi connectivity index (χ4n) is 3.68. The lowest BCUT2D eigenvalue weighted by atomic mass is 10.3. The van der Waals surface area contributed by atoms with Gasteiger partial charge in [0.1, 0.15) is 23.8 Å². The molecule has 2 aliphatic heterocycles. The van der Waals surface area contributed by atoms with E-state index >= 15 is 0 Å². The zero-order valence-electron chi connectivity index (χ0n) is 15.5. The fourth-order valence-corrected chi connectivity index (χ4v) is 3.68. The van der Waals surface area contributed by atoms with E-state index in [9.17, 15) is 0 Å². The lowest BCUT2D eigenvalue weighted by Crippen LogP contribution is -2.47. The Balaban J connectivity index is 1.38.